The number of ether oxygens (including phenoxy) is 1. The van der Waals surface area contributed by atoms with Gasteiger partial charge < -0.3 is 10.1 Å². The SMILES string of the molecule is CCOc1ccc(NCc2cnnn2C)c(C)c1. The molecule has 5 nitrogen and oxygen atoms in total. The van der Waals surface area contributed by atoms with Gasteiger partial charge in [0.25, 0.3) is 0 Å². The van der Waals surface area contributed by atoms with Crippen LogP contribution in [0.3, 0.4) is 0 Å². The highest BCUT2D eigenvalue weighted by atomic mass is 16.5. The van der Waals surface area contributed by atoms with Gasteiger partial charge in [-0.2, -0.15) is 0 Å². The number of anilines is 1. The van der Waals surface area contributed by atoms with Gasteiger partial charge in [-0.25, -0.2) is 0 Å². The first-order valence-electron chi connectivity index (χ1n) is 6.01. The quantitative estimate of drug-likeness (QED) is 0.878. The standard InChI is InChI=1S/C13H18N4O/c1-4-18-12-5-6-13(10(2)7-12)14-8-11-9-15-16-17(11)3/h5-7,9,14H,4,8H2,1-3H3. The van der Waals surface area contributed by atoms with E-state index in [1.54, 1.807) is 10.9 Å². The number of nitrogens with zero attached hydrogens (tertiary/aromatic N) is 3. The molecule has 2 aromatic rings. The van der Waals surface area contributed by atoms with Crippen LogP contribution in [-0.2, 0) is 13.6 Å². The Bertz CT molecular complexity index is 521. The summed E-state index contributed by atoms with van der Waals surface area (Å²) in [7, 11) is 1.88. The van der Waals surface area contributed by atoms with Gasteiger partial charge in [-0.3, -0.25) is 4.68 Å². The van der Waals surface area contributed by atoms with Crippen LogP contribution >= 0.6 is 0 Å². The Morgan fingerprint density at radius 1 is 1.39 bits per heavy atom. The molecular weight excluding hydrogens is 228 g/mol. The third kappa shape index (κ3) is 2.80. The zero-order chi connectivity index (χ0) is 13.0. The zero-order valence-electron chi connectivity index (χ0n) is 11.0. The summed E-state index contributed by atoms with van der Waals surface area (Å²) in [6, 6.07) is 6.04. The van der Waals surface area contributed by atoms with Crippen LogP contribution in [0, 0.1) is 6.92 Å². The van der Waals surface area contributed by atoms with Crippen molar-refractivity contribution in [2.45, 2.75) is 20.4 Å². The maximum Gasteiger partial charge on any atom is 0.119 e. The summed E-state index contributed by atoms with van der Waals surface area (Å²) in [6.45, 7) is 5.44. The number of aromatic nitrogens is 3. The van der Waals surface area contributed by atoms with E-state index in [0.29, 0.717) is 13.2 Å². The van der Waals surface area contributed by atoms with Gasteiger partial charge in [0.15, 0.2) is 0 Å². The molecular formula is C13H18N4O. The highest BCUT2D eigenvalue weighted by Gasteiger charge is 2.03. The highest BCUT2D eigenvalue weighted by molar-refractivity contribution is 5.53. The normalized spacial score (nSPS) is 10.4. The summed E-state index contributed by atoms with van der Waals surface area (Å²) >= 11 is 0. The van der Waals surface area contributed by atoms with E-state index in [-0.39, 0.29) is 0 Å². The molecule has 5 heteroatoms. The van der Waals surface area contributed by atoms with Gasteiger partial charge in [-0.15, -0.1) is 5.10 Å². The molecule has 96 valence electrons. The molecule has 0 spiro atoms. The van der Waals surface area contributed by atoms with Crippen molar-refractivity contribution in [1.29, 1.82) is 0 Å². The zero-order valence-corrected chi connectivity index (χ0v) is 11.0. The second kappa shape index (κ2) is 5.53. The fraction of sp³-hybridized carbons (Fsp3) is 0.385. The Hall–Kier alpha value is -2.04. The lowest BCUT2D eigenvalue weighted by Gasteiger charge is -2.11. The van der Waals surface area contributed by atoms with Crippen molar-refractivity contribution in [3.63, 3.8) is 0 Å². The van der Waals surface area contributed by atoms with Crippen molar-refractivity contribution in [2.75, 3.05) is 11.9 Å². The lowest BCUT2D eigenvalue weighted by molar-refractivity contribution is 0.340. The molecule has 0 radical (unpaired) electrons. The second-order valence-corrected chi connectivity index (χ2v) is 4.11. The fourth-order valence-corrected chi connectivity index (χ4v) is 1.75. The van der Waals surface area contributed by atoms with Crippen molar-refractivity contribution in [3.05, 3.63) is 35.7 Å². The highest BCUT2D eigenvalue weighted by Crippen LogP contribution is 2.21. The van der Waals surface area contributed by atoms with E-state index in [0.717, 1.165) is 22.7 Å². The van der Waals surface area contributed by atoms with E-state index >= 15 is 0 Å². The van der Waals surface area contributed by atoms with Crippen LogP contribution in [0.25, 0.3) is 0 Å². The number of benzene rings is 1. The van der Waals surface area contributed by atoms with Crippen LogP contribution in [0.2, 0.25) is 0 Å². The van der Waals surface area contributed by atoms with Gasteiger partial charge in [0, 0.05) is 12.7 Å². The molecule has 1 aromatic heterocycles. The van der Waals surface area contributed by atoms with E-state index in [9.17, 15) is 0 Å². The summed E-state index contributed by atoms with van der Waals surface area (Å²) in [5.74, 6) is 0.905. The number of hydrogen-bond acceptors (Lipinski definition) is 4. The number of hydrogen-bond donors (Lipinski definition) is 1. The molecule has 0 saturated carbocycles. The van der Waals surface area contributed by atoms with E-state index in [1.165, 1.54) is 0 Å². The summed E-state index contributed by atoms with van der Waals surface area (Å²) in [5.41, 5.74) is 3.30. The predicted octanol–water partition coefficient (Wildman–Crippen LogP) is 2.13. The van der Waals surface area contributed by atoms with Gasteiger partial charge in [0.1, 0.15) is 5.75 Å². The monoisotopic (exact) mass is 246 g/mol. The van der Waals surface area contributed by atoms with Gasteiger partial charge >= 0.3 is 0 Å². The van der Waals surface area contributed by atoms with Crippen LogP contribution in [-0.4, -0.2) is 21.6 Å². The molecule has 0 aliphatic rings. The first kappa shape index (κ1) is 12.4. The van der Waals surface area contributed by atoms with Crippen LogP contribution in [0.1, 0.15) is 18.2 Å². The molecule has 0 atom stereocenters. The summed E-state index contributed by atoms with van der Waals surface area (Å²) in [6.07, 6.45) is 1.76. The van der Waals surface area contributed by atoms with Crippen LogP contribution in [0.15, 0.2) is 24.4 Å². The average molecular weight is 246 g/mol. The molecule has 0 bridgehead atoms. The van der Waals surface area contributed by atoms with Crippen molar-refractivity contribution in [3.8, 4) is 5.75 Å². The van der Waals surface area contributed by atoms with Crippen molar-refractivity contribution in [2.24, 2.45) is 7.05 Å². The average Bonchev–Trinajstić information content (AvgIpc) is 2.74. The maximum atomic E-state index is 5.46. The van der Waals surface area contributed by atoms with E-state index < -0.39 is 0 Å². The Kier molecular flexibility index (Phi) is 3.82. The second-order valence-electron chi connectivity index (χ2n) is 4.11. The summed E-state index contributed by atoms with van der Waals surface area (Å²) in [4.78, 5) is 0. The van der Waals surface area contributed by atoms with Gasteiger partial charge in [0.2, 0.25) is 0 Å². The molecule has 0 fully saturated rings. The lowest BCUT2D eigenvalue weighted by atomic mass is 10.2. The molecule has 18 heavy (non-hydrogen) atoms. The molecule has 0 amide bonds. The van der Waals surface area contributed by atoms with Crippen molar-refractivity contribution >= 4 is 5.69 Å². The van der Waals surface area contributed by atoms with Crippen LogP contribution < -0.4 is 10.1 Å². The molecule has 0 unspecified atom stereocenters. The smallest absolute Gasteiger partial charge is 0.119 e. The van der Waals surface area contributed by atoms with Gasteiger partial charge in [0.05, 0.1) is 25.0 Å². The van der Waals surface area contributed by atoms with Crippen LogP contribution in [0.4, 0.5) is 5.69 Å². The minimum atomic E-state index is 0.687. The fourth-order valence-electron chi connectivity index (χ4n) is 1.75. The molecule has 1 N–H and O–H groups in total. The Morgan fingerprint density at radius 2 is 2.22 bits per heavy atom. The first-order chi connectivity index (χ1) is 8.70. The molecule has 1 heterocycles. The molecule has 2 rings (SSSR count). The topological polar surface area (TPSA) is 52.0 Å². The molecule has 0 aliphatic heterocycles. The van der Waals surface area contributed by atoms with E-state index in [4.69, 9.17) is 4.74 Å². The Morgan fingerprint density at radius 3 is 2.83 bits per heavy atom. The van der Waals surface area contributed by atoms with E-state index in [2.05, 4.69) is 22.6 Å². The van der Waals surface area contributed by atoms with E-state index in [1.807, 2.05) is 32.2 Å². The minimum Gasteiger partial charge on any atom is -0.494 e. The van der Waals surface area contributed by atoms with Crippen molar-refractivity contribution < 1.29 is 4.74 Å². The summed E-state index contributed by atoms with van der Waals surface area (Å²) < 4.78 is 7.22. The third-order valence-corrected chi connectivity index (χ3v) is 2.78. The molecule has 0 aliphatic carbocycles. The van der Waals surface area contributed by atoms with Gasteiger partial charge in [-0.05, 0) is 37.6 Å². The molecule has 0 saturated heterocycles. The lowest BCUT2D eigenvalue weighted by Crippen LogP contribution is -2.06. The van der Waals surface area contributed by atoms with Crippen LogP contribution in [0.5, 0.6) is 5.75 Å². The minimum absolute atomic E-state index is 0.687. The predicted molar refractivity (Wildman–Crippen MR) is 70.7 cm³/mol. The van der Waals surface area contributed by atoms with Crippen molar-refractivity contribution in [1.82, 2.24) is 15.0 Å². The Labute approximate surface area is 107 Å². The number of nitrogens with one attached hydrogen (secondary N) is 1. The number of aryl methyl sites for hydroxylation is 2. The molecule has 1 aromatic carbocycles. The number of rotatable bonds is 5. The first-order valence-corrected chi connectivity index (χ1v) is 6.01. The summed E-state index contributed by atoms with van der Waals surface area (Å²) in [5, 5.41) is 11.1. The Balaban J connectivity index is 2.03. The largest absolute Gasteiger partial charge is 0.494 e. The third-order valence-electron chi connectivity index (χ3n) is 2.78. The van der Waals surface area contributed by atoms with Gasteiger partial charge in [-0.1, -0.05) is 5.21 Å². The maximum absolute atomic E-state index is 5.46.